The summed E-state index contributed by atoms with van der Waals surface area (Å²) in [5.74, 6) is -2.65. The molecule has 3 aliphatic heterocycles. The molecule has 4 spiro atoms. The Bertz CT molecular complexity index is 3140. The number of Topliss-reactive ketones (excluding diaryl/α,β-unsaturated/α-hetero) is 1. The summed E-state index contributed by atoms with van der Waals surface area (Å²) in [6.07, 6.45) is 28.5. The summed E-state index contributed by atoms with van der Waals surface area (Å²) in [5.41, 5.74) is 1.20. The van der Waals surface area contributed by atoms with Crippen molar-refractivity contribution in [3.8, 4) is 0 Å². The highest BCUT2D eigenvalue weighted by Gasteiger charge is 2.83. The van der Waals surface area contributed by atoms with Crippen molar-refractivity contribution in [1.29, 1.82) is 0 Å². The van der Waals surface area contributed by atoms with E-state index in [-0.39, 0.29) is 123 Å². The highest BCUT2D eigenvalue weighted by Crippen LogP contribution is 2.80. The molecule has 15 heteroatoms. The third kappa shape index (κ3) is 8.74. The third-order valence-corrected chi connectivity index (χ3v) is 30.0. The van der Waals surface area contributed by atoms with Crippen molar-refractivity contribution < 1.29 is 60.2 Å². The monoisotopic (exact) mass is 1260 g/mol. The minimum absolute atomic E-state index is 0.000848. The van der Waals surface area contributed by atoms with Gasteiger partial charge in [-0.3, -0.25) is 4.79 Å². The molecule has 27 atom stereocenters. The number of dihydropyridines is 1. The highest BCUT2D eigenvalue weighted by molar-refractivity contribution is 6.04. The Labute approximate surface area is 539 Å². The normalized spacial score (nSPS) is 50.7. The number of nitrogens with one attached hydrogen (secondary N) is 2. The zero-order valence-electron chi connectivity index (χ0n) is 54.6. The van der Waals surface area contributed by atoms with Crippen molar-refractivity contribution in [2.24, 2.45) is 92.5 Å². The van der Waals surface area contributed by atoms with E-state index < -0.39 is 99.0 Å². The van der Waals surface area contributed by atoms with E-state index in [4.69, 9.17) is 15.2 Å². The Hall–Kier alpha value is -3.03. The maximum Gasteiger partial charge on any atom is 0.189 e. The van der Waals surface area contributed by atoms with Crippen molar-refractivity contribution >= 4 is 5.78 Å². The Morgan fingerprint density at radius 1 is 0.846 bits per heavy atom. The lowest BCUT2D eigenvalue weighted by Gasteiger charge is -2.71. The van der Waals surface area contributed by atoms with Crippen LogP contribution in [-0.4, -0.2) is 142 Å². The molecule has 14 aliphatic carbocycles. The van der Waals surface area contributed by atoms with E-state index in [9.17, 15) is 35.7 Å². The Balaban J connectivity index is 0.945. The average molecular weight is 1260 g/mol. The van der Waals surface area contributed by atoms with Crippen LogP contribution in [-0.2, 0) is 14.3 Å². The van der Waals surface area contributed by atoms with Crippen LogP contribution in [0.3, 0.4) is 0 Å². The fraction of sp³-hybridized carbons (Fsp3) is 0.803. The van der Waals surface area contributed by atoms with Gasteiger partial charge >= 0.3 is 0 Å². The van der Waals surface area contributed by atoms with Crippen LogP contribution in [0.5, 0.6) is 0 Å². The minimum atomic E-state index is -2.00. The lowest BCUT2D eigenvalue weighted by atomic mass is 9.34. The highest BCUT2D eigenvalue weighted by atomic mass is 16.5. The predicted molar refractivity (Wildman–Crippen MR) is 343 cm³/mol. The van der Waals surface area contributed by atoms with Gasteiger partial charge in [0, 0.05) is 59.3 Å². The van der Waals surface area contributed by atoms with Gasteiger partial charge in [-0.25, -0.2) is 0 Å². The van der Waals surface area contributed by atoms with Gasteiger partial charge in [0.2, 0.25) is 0 Å². The van der Waals surface area contributed by atoms with Crippen molar-refractivity contribution in [2.75, 3.05) is 13.2 Å². The van der Waals surface area contributed by atoms with E-state index in [0.717, 1.165) is 75.5 Å². The van der Waals surface area contributed by atoms with Crippen LogP contribution in [0.1, 0.15) is 201 Å². The molecule has 17 rings (SSSR count). The molecule has 2 saturated heterocycles. The molecule has 3 heterocycles. The number of fused-ring (bicyclic) bond motifs is 7. The van der Waals surface area contributed by atoms with Crippen molar-refractivity contribution in [3.05, 3.63) is 81.8 Å². The van der Waals surface area contributed by atoms with E-state index >= 15 is 15.0 Å². The van der Waals surface area contributed by atoms with Crippen LogP contribution in [0.4, 0.5) is 0 Å². The smallest absolute Gasteiger partial charge is 0.189 e. The molecule has 500 valence electrons. The molecule has 17 aliphatic rings. The molecule has 10 fully saturated rings. The van der Waals surface area contributed by atoms with E-state index in [1.807, 2.05) is 18.2 Å². The molecule has 0 radical (unpaired) electrons. The fourth-order valence-corrected chi connectivity index (χ4v) is 26.5. The number of aliphatic hydroxyl groups excluding tert-OH is 5. The molecule has 13 N–H and O–H groups in total. The molecule has 0 amide bonds. The number of allylic oxidation sites excluding steroid dienone is 9. The SMILES string of the molecule is CCCC1CCC2OC3C(C(O)CCCC3(O)C(C)(O)C3CCC4(O)C5=C(NCC(C)O)C(=O)C67C=CC8C9=C%10C(=CC9)C9C(CCC9%11CCCC%11)OC%10CC9CCC(CC98)C34CC3(O)C=CC(C4=C(CCCO)NC(N)C=C4)CC6(CC(O)C(O)C7)C53)C2CC1. The molecule has 15 nitrogen and oxygen atoms in total. The van der Waals surface area contributed by atoms with Crippen LogP contribution in [0.2, 0.25) is 0 Å². The first-order valence-electron chi connectivity index (χ1n) is 36.9. The third-order valence-electron chi connectivity index (χ3n) is 30.0. The Morgan fingerprint density at radius 2 is 1.65 bits per heavy atom. The van der Waals surface area contributed by atoms with Gasteiger partial charge in [-0.1, -0.05) is 81.1 Å². The lowest BCUT2D eigenvalue weighted by Crippen LogP contribution is -2.76. The van der Waals surface area contributed by atoms with Gasteiger partial charge in [0.25, 0.3) is 0 Å². The predicted octanol–water partition coefficient (Wildman–Crippen LogP) is 8.21. The number of carbonyl (C=O) groups is 1. The number of aliphatic hydroxyl groups is 9. The molecular weight excluding hydrogens is 1150 g/mol. The number of ketones is 1. The number of ether oxygens (including phenoxy) is 2. The fourth-order valence-electron chi connectivity index (χ4n) is 26.5. The van der Waals surface area contributed by atoms with Gasteiger partial charge in [-0.15, -0.1) is 0 Å². The maximum atomic E-state index is 17.6. The van der Waals surface area contributed by atoms with Gasteiger partial charge in [0.15, 0.2) is 5.78 Å². The van der Waals surface area contributed by atoms with Gasteiger partial charge < -0.3 is 71.8 Å². The molecule has 0 aromatic rings. The first-order chi connectivity index (χ1) is 43.6. The summed E-state index contributed by atoms with van der Waals surface area (Å²) in [7, 11) is 0. The van der Waals surface area contributed by atoms with Crippen LogP contribution in [0, 0.1) is 86.8 Å². The Kier molecular flexibility index (Phi) is 15.3. The summed E-state index contributed by atoms with van der Waals surface area (Å²) >= 11 is 0. The molecular formula is C76H109N3O12. The lowest BCUT2D eigenvalue weighted by molar-refractivity contribution is -0.279. The van der Waals surface area contributed by atoms with E-state index in [2.05, 4.69) is 41.9 Å². The molecule has 0 aromatic carbocycles. The summed E-state index contributed by atoms with van der Waals surface area (Å²) in [6.45, 7) is 5.61. The second-order valence-corrected chi connectivity index (χ2v) is 33.9. The van der Waals surface area contributed by atoms with E-state index in [1.54, 1.807) is 13.8 Å². The molecule has 8 saturated carbocycles. The molecule has 0 aromatic heterocycles. The first-order valence-corrected chi connectivity index (χ1v) is 36.9. The van der Waals surface area contributed by atoms with Gasteiger partial charge in [-0.05, 0) is 231 Å². The van der Waals surface area contributed by atoms with E-state index in [1.165, 1.54) is 48.8 Å². The second-order valence-electron chi connectivity index (χ2n) is 33.9. The van der Waals surface area contributed by atoms with Crippen molar-refractivity contribution in [2.45, 2.75) is 278 Å². The van der Waals surface area contributed by atoms with Gasteiger partial charge in [-0.2, -0.15) is 0 Å². The zero-order chi connectivity index (χ0) is 63.2. The van der Waals surface area contributed by atoms with Crippen molar-refractivity contribution in [1.82, 2.24) is 10.6 Å². The van der Waals surface area contributed by atoms with Gasteiger partial charge in [0.05, 0.1) is 82.9 Å². The van der Waals surface area contributed by atoms with Crippen LogP contribution in [0.25, 0.3) is 0 Å². The van der Waals surface area contributed by atoms with E-state index in [0.29, 0.717) is 55.9 Å². The largest absolute Gasteiger partial charge is 0.396 e. The first kappa shape index (κ1) is 62.8. The van der Waals surface area contributed by atoms with Crippen LogP contribution < -0.4 is 16.4 Å². The maximum absolute atomic E-state index is 17.6. The van der Waals surface area contributed by atoms with Gasteiger partial charge in [0.1, 0.15) is 5.60 Å². The quantitative estimate of drug-likeness (QED) is 0.0870. The summed E-state index contributed by atoms with van der Waals surface area (Å²) in [4.78, 5) is 17.6. The standard InChI is InChI=1S/C76H109N3O12/c1-4-9-42-12-16-49-56(20-13-42)91-68-62(49)53(82)11-7-28-76(68,89)69(3,86)59-25-32-75(88)64-65(78-39-41(2)81)67(85)71-30-23-47-48-17-18-50-61(48)58(90-57-24-29-70(63(50)57)26-5-6-27-70)34-43-14-15-45(35-51(43)47)74(59,75)40-73(87)31-22-44(46-19-21-60(77)79-52(46)10-8-33-80)36-72(71,66(64)73)38-55(84)54(83)37-71/h18-19,21-23,30-31,41-45,47,49,51,53-60,62-63,66,68,78-84,86-89H,4-17,20,24-29,32-40,77H2,1-3H3. The minimum Gasteiger partial charge on any atom is -0.396 e. The van der Waals surface area contributed by atoms with Crippen molar-refractivity contribution in [3.63, 3.8) is 0 Å². The summed E-state index contributed by atoms with van der Waals surface area (Å²) in [5, 5.41) is 127. The Morgan fingerprint density at radius 3 is 2.44 bits per heavy atom. The number of rotatable bonds is 11. The number of hydrogen-bond acceptors (Lipinski definition) is 15. The summed E-state index contributed by atoms with van der Waals surface area (Å²) < 4.78 is 14.9. The number of nitrogens with two attached hydrogens (primary N) is 1. The van der Waals surface area contributed by atoms with Crippen LogP contribution >= 0.6 is 0 Å². The molecule has 91 heavy (non-hydrogen) atoms. The van der Waals surface area contributed by atoms with Crippen LogP contribution in [0.15, 0.2) is 81.8 Å². The summed E-state index contributed by atoms with van der Waals surface area (Å²) in [6, 6.07) is 0. The molecule has 8 bridgehead atoms. The second kappa shape index (κ2) is 22.2. The topological polar surface area (TPSA) is 268 Å². The number of carbonyl (C=O) groups excluding carboxylic acids is 1. The zero-order valence-corrected chi connectivity index (χ0v) is 54.6. The number of hydrogen-bond donors (Lipinski definition) is 12. The average Bonchev–Trinajstić information content (AvgIpc) is 0.944. The molecule has 27 unspecified atom stereocenters.